The Bertz CT molecular complexity index is 616. The van der Waals surface area contributed by atoms with Gasteiger partial charge in [0.1, 0.15) is 6.54 Å². The molecule has 1 aromatic carbocycles. The number of methoxy groups -OCH3 is 1. The Morgan fingerprint density at radius 2 is 1.96 bits per heavy atom. The van der Waals surface area contributed by atoms with Crippen molar-refractivity contribution in [1.82, 2.24) is 15.1 Å². The van der Waals surface area contributed by atoms with E-state index in [0.717, 1.165) is 32.1 Å². The van der Waals surface area contributed by atoms with Gasteiger partial charge in [-0.3, -0.25) is 4.79 Å². The number of hydrogen-bond donors (Lipinski definition) is 1. The lowest BCUT2D eigenvalue weighted by Gasteiger charge is -2.38. The van der Waals surface area contributed by atoms with Gasteiger partial charge in [0, 0.05) is 59.6 Å². The Hall–Kier alpha value is -1.55. The van der Waals surface area contributed by atoms with Gasteiger partial charge in [0.05, 0.1) is 6.61 Å². The van der Waals surface area contributed by atoms with Gasteiger partial charge in [-0.2, -0.15) is 0 Å². The monoisotopic (exact) mass is 489 g/mol. The molecule has 1 amide bonds. The molecule has 0 atom stereocenters. The standard InChI is InChI=1S/C19H31N5O2.HI/c1-16-6-5-7-17(14-16)23-9-11-24(12-10-23)19(20-8-13-26-4)21-15-18(25)22(2)3;/h5-7,14H,8-13,15H2,1-4H3,(H,20,21);1H. The molecule has 0 bridgehead atoms. The summed E-state index contributed by atoms with van der Waals surface area (Å²) >= 11 is 0. The van der Waals surface area contributed by atoms with Crippen LogP contribution in [0.1, 0.15) is 5.56 Å². The van der Waals surface area contributed by atoms with Crippen LogP contribution < -0.4 is 10.2 Å². The van der Waals surface area contributed by atoms with Crippen molar-refractivity contribution in [3.05, 3.63) is 29.8 Å². The molecule has 2 rings (SSSR count). The summed E-state index contributed by atoms with van der Waals surface area (Å²) in [6, 6.07) is 8.59. The molecule has 1 heterocycles. The lowest BCUT2D eigenvalue weighted by molar-refractivity contribution is -0.127. The van der Waals surface area contributed by atoms with Crippen molar-refractivity contribution in [2.45, 2.75) is 6.92 Å². The SMILES string of the molecule is COCCNC(=NCC(=O)N(C)C)N1CCN(c2cccc(C)c2)CC1.I. The number of carbonyl (C=O) groups excluding carboxylic acids is 1. The average Bonchev–Trinajstić information content (AvgIpc) is 2.64. The molecule has 0 aliphatic carbocycles. The Morgan fingerprint density at radius 1 is 1.26 bits per heavy atom. The van der Waals surface area contributed by atoms with Gasteiger partial charge in [0.15, 0.2) is 5.96 Å². The smallest absolute Gasteiger partial charge is 0.243 e. The predicted octanol–water partition coefficient (Wildman–Crippen LogP) is 1.42. The van der Waals surface area contributed by atoms with Crippen LogP contribution in [0.25, 0.3) is 0 Å². The number of benzene rings is 1. The summed E-state index contributed by atoms with van der Waals surface area (Å²) in [4.78, 5) is 22.6. The van der Waals surface area contributed by atoms with Crippen LogP contribution in [0.4, 0.5) is 5.69 Å². The molecule has 1 saturated heterocycles. The molecule has 1 aliphatic rings. The van der Waals surface area contributed by atoms with Gasteiger partial charge in [0.25, 0.3) is 0 Å². The van der Waals surface area contributed by atoms with Crippen molar-refractivity contribution in [3.63, 3.8) is 0 Å². The summed E-state index contributed by atoms with van der Waals surface area (Å²) in [5, 5.41) is 3.31. The van der Waals surface area contributed by atoms with E-state index < -0.39 is 0 Å². The third-order valence-electron chi connectivity index (χ3n) is 4.40. The van der Waals surface area contributed by atoms with E-state index in [0.29, 0.717) is 13.2 Å². The van der Waals surface area contributed by atoms with Crippen LogP contribution in [0.2, 0.25) is 0 Å². The molecule has 0 aromatic heterocycles. The maximum atomic E-state index is 11.9. The number of nitrogens with one attached hydrogen (secondary N) is 1. The average molecular weight is 489 g/mol. The quantitative estimate of drug-likeness (QED) is 0.284. The minimum Gasteiger partial charge on any atom is -0.383 e. The number of piperazine rings is 1. The lowest BCUT2D eigenvalue weighted by Crippen LogP contribution is -2.53. The van der Waals surface area contributed by atoms with Crippen LogP contribution in [0, 0.1) is 6.92 Å². The summed E-state index contributed by atoms with van der Waals surface area (Å²) < 4.78 is 5.11. The highest BCUT2D eigenvalue weighted by atomic mass is 127. The van der Waals surface area contributed by atoms with Crippen molar-refractivity contribution in [2.75, 3.05) is 72.0 Å². The van der Waals surface area contributed by atoms with Crippen LogP contribution in [-0.4, -0.2) is 88.7 Å². The predicted molar refractivity (Wildman–Crippen MR) is 121 cm³/mol. The minimum atomic E-state index is -0.00515. The molecular formula is C19H32IN5O2. The molecule has 7 nitrogen and oxygen atoms in total. The summed E-state index contributed by atoms with van der Waals surface area (Å²) in [6.07, 6.45) is 0. The van der Waals surface area contributed by atoms with E-state index in [9.17, 15) is 4.79 Å². The number of halogens is 1. The van der Waals surface area contributed by atoms with Gasteiger partial charge in [-0.05, 0) is 24.6 Å². The Kier molecular flexibility index (Phi) is 10.5. The minimum absolute atomic E-state index is 0. The third-order valence-corrected chi connectivity index (χ3v) is 4.40. The normalized spacial score (nSPS) is 14.6. The number of nitrogens with zero attached hydrogens (tertiary/aromatic N) is 4. The van der Waals surface area contributed by atoms with E-state index in [-0.39, 0.29) is 36.4 Å². The molecular weight excluding hydrogens is 457 g/mol. The number of likely N-dealkylation sites (N-methyl/N-ethyl adjacent to an activating group) is 1. The first-order valence-corrected chi connectivity index (χ1v) is 9.05. The summed E-state index contributed by atoms with van der Waals surface area (Å²) in [7, 11) is 5.17. The molecule has 1 aromatic rings. The number of ether oxygens (including phenoxy) is 1. The fourth-order valence-corrected chi connectivity index (χ4v) is 2.82. The van der Waals surface area contributed by atoms with Crippen LogP contribution in [0.3, 0.4) is 0 Å². The fraction of sp³-hybridized carbons (Fsp3) is 0.579. The van der Waals surface area contributed by atoms with Crippen LogP contribution in [0.15, 0.2) is 29.3 Å². The molecule has 0 unspecified atom stereocenters. The zero-order valence-corrected chi connectivity index (χ0v) is 19.1. The summed E-state index contributed by atoms with van der Waals surface area (Å²) in [5.41, 5.74) is 2.54. The molecule has 27 heavy (non-hydrogen) atoms. The van der Waals surface area contributed by atoms with Crippen molar-refractivity contribution < 1.29 is 9.53 Å². The number of amides is 1. The number of aliphatic imine (C=N–C) groups is 1. The first-order chi connectivity index (χ1) is 12.5. The lowest BCUT2D eigenvalue weighted by atomic mass is 10.2. The van der Waals surface area contributed by atoms with Crippen LogP contribution in [0.5, 0.6) is 0 Å². The maximum absolute atomic E-state index is 11.9. The highest BCUT2D eigenvalue weighted by molar-refractivity contribution is 14.0. The number of guanidine groups is 1. The first kappa shape index (κ1) is 23.5. The topological polar surface area (TPSA) is 60.4 Å². The van der Waals surface area contributed by atoms with Gasteiger partial charge < -0.3 is 24.8 Å². The number of aryl methyl sites for hydroxylation is 1. The molecule has 1 N–H and O–H groups in total. The Labute approximate surface area is 179 Å². The van der Waals surface area contributed by atoms with Gasteiger partial charge in [-0.1, -0.05) is 12.1 Å². The van der Waals surface area contributed by atoms with Gasteiger partial charge in [-0.15, -0.1) is 24.0 Å². The summed E-state index contributed by atoms with van der Waals surface area (Å²) in [5.74, 6) is 0.774. The largest absolute Gasteiger partial charge is 0.383 e. The van der Waals surface area contributed by atoms with Crippen LogP contribution in [-0.2, 0) is 9.53 Å². The van der Waals surface area contributed by atoms with Crippen molar-refractivity contribution in [2.24, 2.45) is 4.99 Å². The van der Waals surface area contributed by atoms with E-state index >= 15 is 0 Å². The van der Waals surface area contributed by atoms with Crippen LogP contribution >= 0.6 is 24.0 Å². The third kappa shape index (κ3) is 7.53. The second-order valence-corrected chi connectivity index (χ2v) is 6.66. The second-order valence-electron chi connectivity index (χ2n) is 6.66. The highest BCUT2D eigenvalue weighted by Gasteiger charge is 2.20. The molecule has 8 heteroatoms. The number of hydrogen-bond acceptors (Lipinski definition) is 4. The zero-order valence-electron chi connectivity index (χ0n) is 16.8. The van der Waals surface area contributed by atoms with E-state index in [1.165, 1.54) is 11.3 Å². The fourth-order valence-electron chi connectivity index (χ4n) is 2.82. The van der Waals surface area contributed by atoms with Crippen molar-refractivity contribution >= 4 is 41.5 Å². The maximum Gasteiger partial charge on any atom is 0.243 e. The second kappa shape index (κ2) is 12.0. The van der Waals surface area contributed by atoms with E-state index in [1.54, 1.807) is 26.1 Å². The molecule has 0 saturated carbocycles. The molecule has 1 fully saturated rings. The van der Waals surface area contributed by atoms with E-state index in [4.69, 9.17) is 4.74 Å². The number of carbonyl (C=O) groups is 1. The van der Waals surface area contributed by atoms with Gasteiger partial charge in [0.2, 0.25) is 5.91 Å². The van der Waals surface area contributed by atoms with Crippen molar-refractivity contribution in [3.8, 4) is 0 Å². The summed E-state index contributed by atoms with van der Waals surface area (Å²) in [6.45, 7) is 7.12. The Balaban J connectivity index is 0.00000364. The number of anilines is 1. The molecule has 0 radical (unpaired) electrons. The molecule has 0 spiro atoms. The van der Waals surface area contributed by atoms with E-state index in [1.807, 2.05) is 0 Å². The molecule has 152 valence electrons. The number of rotatable bonds is 6. The zero-order chi connectivity index (χ0) is 18.9. The highest BCUT2D eigenvalue weighted by Crippen LogP contribution is 2.17. The first-order valence-electron chi connectivity index (χ1n) is 9.05. The molecule has 1 aliphatic heterocycles. The van der Waals surface area contributed by atoms with Gasteiger partial charge >= 0.3 is 0 Å². The van der Waals surface area contributed by atoms with Gasteiger partial charge in [-0.25, -0.2) is 4.99 Å². The Morgan fingerprint density at radius 3 is 2.56 bits per heavy atom. The van der Waals surface area contributed by atoms with Crippen molar-refractivity contribution in [1.29, 1.82) is 0 Å². The van der Waals surface area contributed by atoms with E-state index in [2.05, 4.69) is 51.3 Å².